The first kappa shape index (κ1) is 21.0. The summed E-state index contributed by atoms with van der Waals surface area (Å²) in [5, 5.41) is 1.88. The zero-order valence-corrected chi connectivity index (χ0v) is 17.6. The molecule has 0 saturated heterocycles. The third-order valence-corrected chi connectivity index (χ3v) is 5.89. The van der Waals surface area contributed by atoms with Crippen LogP contribution in [0.4, 0.5) is 27.8 Å². The number of halogens is 6. The lowest BCUT2D eigenvalue weighted by Gasteiger charge is -2.32. The summed E-state index contributed by atoms with van der Waals surface area (Å²) < 4.78 is 69.8. The van der Waals surface area contributed by atoms with Crippen LogP contribution in [-0.4, -0.2) is 44.0 Å². The predicted octanol–water partition coefficient (Wildman–Crippen LogP) is 4.19. The molecule has 0 saturated carbocycles. The van der Waals surface area contributed by atoms with Crippen LogP contribution in [0.15, 0.2) is 15.5 Å². The van der Waals surface area contributed by atoms with Crippen LogP contribution in [0.5, 0.6) is 0 Å². The summed E-state index contributed by atoms with van der Waals surface area (Å²) in [6.07, 6.45) is -5.00. The minimum Gasteiger partial charge on any atom is -0.316 e. The second-order valence-electron chi connectivity index (χ2n) is 6.03. The number of hydrazine groups is 1. The van der Waals surface area contributed by atoms with Crippen LogP contribution >= 0.6 is 27.7 Å². The number of hydrogen-bond acceptors (Lipinski definition) is 5. The number of allylic oxidation sites excluding steroid dienone is 1. The highest BCUT2D eigenvalue weighted by atomic mass is 79.9. The van der Waals surface area contributed by atoms with Crippen molar-refractivity contribution >= 4 is 39.6 Å². The standard InChI is InChI=1S/C15H16BrF5N6S/c1-5-28-12-9(23-13(16)26(12)3)10-22-7-6-8(14(17,18)15(19,20)21)24-27(4)11(7)25(10)2/h6,24H,5H2,1-4H3. The molecule has 3 rings (SSSR count). The highest BCUT2D eigenvalue weighted by molar-refractivity contribution is 9.10. The number of imidazole rings is 2. The van der Waals surface area contributed by atoms with Gasteiger partial charge in [0.1, 0.15) is 22.1 Å². The van der Waals surface area contributed by atoms with Crippen molar-refractivity contribution in [3.8, 4) is 11.5 Å². The zero-order valence-electron chi connectivity index (χ0n) is 15.2. The Hall–Kier alpha value is -1.76. The quantitative estimate of drug-likeness (QED) is 0.518. The SMILES string of the molecule is CCSc1c(-c2nc3c(n2C)N(C)NC(C(F)(F)C(F)(F)F)=C3)nc(Br)n1C. The maximum Gasteiger partial charge on any atom is 0.459 e. The van der Waals surface area contributed by atoms with Gasteiger partial charge in [0, 0.05) is 21.1 Å². The molecule has 1 N–H and O–H groups in total. The molecule has 13 heteroatoms. The summed E-state index contributed by atoms with van der Waals surface area (Å²) in [7, 11) is 4.79. The molecule has 0 atom stereocenters. The summed E-state index contributed by atoms with van der Waals surface area (Å²) >= 11 is 4.85. The lowest BCUT2D eigenvalue weighted by atomic mass is 10.2. The topological polar surface area (TPSA) is 50.9 Å². The van der Waals surface area contributed by atoms with Crippen LogP contribution in [0.2, 0.25) is 0 Å². The Bertz CT molecular complexity index is 948. The van der Waals surface area contributed by atoms with E-state index >= 15 is 0 Å². The fourth-order valence-electron chi connectivity index (χ4n) is 2.84. The maximum atomic E-state index is 13.8. The fraction of sp³-hybridized carbons (Fsp3) is 0.467. The van der Waals surface area contributed by atoms with Crippen molar-refractivity contribution in [2.75, 3.05) is 17.8 Å². The van der Waals surface area contributed by atoms with Gasteiger partial charge in [-0.05, 0) is 27.8 Å². The lowest BCUT2D eigenvalue weighted by Crippen LogP contribution is -2.49. The van der Waals surface area contributed by atoms with E-state index in [2.05, 4.69) is 31.3 Å². The first-order chi connectivity index (χ1) is 12.9. The third-order valence-electron chi connectivity index (χ3n) is 4.15. The van der Waals surface area contributed by atoms with Gasteiger partial charge < -0.3 is 9.13 Å². The summed E-state index contributed by atoms with van der Waals surface area (Å²) in [6, 6.07) is 0. The number of fused-ring (bicyclic) bond motifs is 1. The monoisotopic (exact) mass is 486 g/mol. The van der Waals surface area contributed by atoms with Gasteiger partial charge in [0.05, 0.1) is 0 Å². The Labute approximate surface area is 169 Å². The van der Waals surface area contributed by atoms with Gasteiger partial charge in [-0.15, -0.1) is 11.8 Å². The van der Waals surface area contributed by atoms with Crippen LogP contribution in [0.3, 0.4) is 0 Å². The average Bonchev–Trinajstić information content (AvgIpc) is 3.06. The van der Waals surface area contributed by atoms with Crippen LogP contribution < -0.4 is 10.4 Å². The molecule has 0 amide bonds. The average molecular weight is 487 g/mol. The van der Waals surface area contributed by atoms with Crippen LogP contribution in [0, 0.1) is 0 Å². The van der Waals surface area contributed by atoms with Gasteiger partial charge >= 0.3 is 12.1 Å². The van der Waals surface area contributed by atoms with E-state index in [9.17, 15) is 22.0 Å². The highest BCUT2D eigenvalue weighted by Crippen LogP contribution is 2.43. The van der Waals surface area contributed by atoms with Crippen LogP contribution in [0.1, 0.15) is 12.6 Å². The first-order valence-electron chi connectivity index (χ1n) is 7.99. The molecular formula is C15H16BrF5N6S. The van der Waals surface area contributed by atoms with Gasteiger partial charge in [0.15, 0.2) is 16.4 Å². The van der Waals surface area contributed by atoms with E-state index in [1.807, 2.05) is 6.92 Å². The number of nitrogens with zero attached hydrogens (tertiary/aromatic N) is 5. The molecule has 0 bridgehead atoms. The fourth-order valence-corrected chi connectivity index (χ4v) is 4.14. The van der Waals surface area contributed by atoms with Gasteiger partial charge in [0.25, 0.3) is 0 Å². The van der Waals surface area contributed by atoms with Gasteiger partial charge in [-0.25, -0.2) is 9.97 Å². The Balaban J connectivity index is 2.16. The molecule has 0 unspecified atom stereocenters. The van der Waals surface area contributed by atoms with Gasteiger partial charge in [-0.2, -0.15) is 22.0 Å². The molecule has 3 heterocycles. The largest absolute Gasteiger partial charge is 0.459 e. The molecular weight excluding hydrogens is 471 g/mol. The molecule has 1 aliphatic heterocycles. The van der Waals surface area contributed by atoms with Crippen molar-refractivity contribution < 1.29 is 22.0 Å². The molecule has 154 valence electrons. The number of thioether (sulfide) groups is 1. The Morgan fingerprint density at radius 2 is 1.75 bits per heavy atom. The number of hydrogen-bond donors (Lipinski definition) is 1. The van der Waals surface area contributed by atoms with Crippen molar-refractivity contribution in [1.29, 1.82) is 0 Å². The molecule has 2 aromatic heterocycles. The number of rotatable bonds is 4. The van der Waals surface area contributed by atoms with E-state index in [-0.39, 0.29) is 5.69 Å². The number of alkyl halides is 5. The molecule has 0 radical (unpaired) electrons. The smallest absolute Gasteiger partial charge is 0.316 e. The predicted molar refractivity (Wildman–Crippen MR) is 100 cm³/mol. The molecule has 0 aromatic carbocycles. The van der Waals surface area contributed by atoms with E-state index in [0.717, 1.165) is 21.9 Å². The molecule has 0 aliphatic carbocycles. The van der Waals surface area contributed by atoms with Crippen LogP contribution in [-0.2, 0) is 14.1 Å². The Kier molecular flexibility index (Phi) is 5.19. The summed E-state index contributed by atoms with van der Waals surface area (Å²) in [6.45, 7) is 1.96. The van der Waals surface area contributed by atoms with Crippen molar-refractivity contribution in [3.63, 3.8) is 0 Å². The molecule has 1 aliphatic rings. The summed E-state index contributed by atoms with van der Waals surface area (Å²) in [5.41, 5.74) is 1.31. The minimum absolute atomic E-state index is 0.00750. The van der Waals surface area contributed by atoms with Crippen molar-refractivity contribution in [1.82, 2.24) is 24.5 Å². The van der Waals surface area contributed by atoms with Crippen molar-refractivity contribution in [2.24, 2.45) is 14.1 Å². The van der Waals surface area contributed by atoms with Crippen molar-refractivity contribution in [3.05, 3.63) is 16.1 Å². The number of nitrogens with one attached hydrogen (secondary N) is 1. The normalized spacial score (nSPS) is 14.8. The van der Waals surface area contributed by atoms with Gasteiger partial charge in [-0.1, -0.05) is 6.92 Å². The molecule has 6 nitrogen and oxygen atoms in total. The Morgan fingerprint density at radius 1 is 1.11 bits per heavy atom. The maximum absolute atomic E-state index is 13.8. The third kappa shape index (κ3) is 3.17. The second-order valence-corrected chi connectivity index (χ2v) is 7.99. The summed E-state index contributed by atoms with van der Waals surface area (Å²) in [4.78, 5) is 8.73. The summed E-state index contributed by atoms with van der Waals surface area (Å²) in [5.74, 6) is -3.59. The Morgan fingerprint density at radius 3 is 2.32 bits per heavy atom. The molecule has 0 fully saturated rings. The van der Waals surface area contributed by atoms with E-state index in [0.29, 0.717) is 22.1 Å². The van der Waals surface area contributed by atoms with Gasteiger partial charge in [-0.3, -0.25) is 10.4 Å². The van der Waals surface area contributed by atoms with E-state index in [1.165, 1.54) is 18.8 Å². The number of aromatic nitrogens is 4. The second kappa shape index (κ2) is 6.94. The van der Waals surface area contributed by atoms with Crippen molar-refractivity contribution in [2.45, 2.75) is 24.0 Å². The van der Waals surface area contributed by atoms with E-state index in [1.54, 1.807) is 23.2 Å². The van der Waals surface area contributed by atoms with E-state index in [4.69, 9.17) is 0 Å². The highest BCUT2D eigenvalue weighted by Gasteiger charge is 2.61. The van der Waals surface area contributed by atoms with Crippen LogP contribution in [0.25, 0.3) is 17.6 Å². The molecule has 2 aromatic rings. The van der Waals surface area contributed by atoms with E-state index < -0.39 is 17.8 Å². The van der Waals surface area contributed by atoms with Gasteiger partial charge in [0.2, 0.25) is 0 Å². The molecule has 28 heavy (non-hydrogen) atoms. The minimum atomic E-state index is -5.72. The molecule has 0 spiro atoms. The zero-order chi connectivity index (χ0) is 21.0. The lowest BCUT2D eigenvalue weighted by molar-refractivity contribution is -0.265. The first-order valence-corrected chi connectivity index (χ1v) is 9.77. The number of anilines is 1.